The van der Waals surface area contributed by atoms with Crippen LogP contribution in [-0.2, 0) is 30.5 Å². The highest BCUT2D eigenvalue weighted by Crippen LogP contribution is 2.12. The van der Waals surface area contributed by atoms with E-state index >= 15 is 0 Å². The molecule has 0 aliphatic rings. The second-order valence-corrected chi connectivity index (χ2v) is 3.95. The topological polar surface area (TPSA) is 72.9 Å². The molecule has 0 saturated heterocycles. The molecule has 1 rings (SSSR count). The minimum atomic E-state index is -1.15. The second-order valence-electron chi connectivity index (χ2n) is 3.95. The standard InChI is InChI=1S/C13H13F2NO5/c1-20-13(19)11(17)6-12(18)16(21-2)7-8-3-4-9(14)10(15)5-8/h3-5H,6-7H2,1-2H3. The molecule has 0 atom stereocenters. The fourth-order valence-corrected chi connectivity index (χ4v) is 1.47. The third-order valence-electron chi connectivity index (χ3n) is 2.53. The predicted molar refractivity (Wildman–Crippen MR) is 65.6 cm³/mol. The van der Waals surface area contributed by atoms with Crippen molar-refractivity contribution >= 4 is 17.7 Å². The van der Waals surface area contributed by atoms with E-state index in [-0.39, 0.29) is 12.1 Å². The van der Waals surface area contributed by atoms with E-state index in [9.17, 15) is 23.2 Å². The van der Waals surface area contributed by atoms with E-state index < -0.39 is 35.7 Å². The number of rotatable bonds is 6. The highest BCUT2D eigenvalue weighted by atomic mass is 19.2. The van der Waals surface area contributed by atoms with Gasteiger partial charge in [-0.15, -0.1) is 0 Å². The Kier molecular flexibility index (Phi) is 5.92. The lowest BCUT2D eigenvalue weighted by molar-refractivity contribution is -0.180. The first-order valence-corrected chi connectivity index (χ1v) is 5.78. The summed E-state index contributed by atoms with van der Waals surface area (Å²) >= 11 is 0. The minimum Gasteiger partial charge on any atom is -0.463 e. The third-order valence-corrected chi connectivity index (χ3v) is 2.53. The van der Waals surface area contributed by atoms with Gasteiger partial charge in [-0.2, -0.15) is 0 Å². The normalized spacial score (nSPS) is 10.1. The Morgan fingerprint density at radius 2 is 1.81 bits per heavy atom. The van der Waals surface area contributed by atoms with Crippen LogP contribution in [0.5, 0.6) is 0 Å². The maximum Gasteiger partial charge on any atom is 0.374 e. The van der Waals surface area contributed by atoms with Gasteiger partial charge >= 0.3 is 5.97 Å². The Hall–Kier alpha value is -2.35. The molecule has 8 heteroatoms. The smallest absolute Gasteiger partial charge is 0.374 e. The quantitative estimate of drug-likeness (QED) is 0.339. The van der Waals surface area contributed by atoms with Crippen molar-refractivity contribution in [2.24, 2.45) is 0 Å². The predicted octanol–water partition coefficient (Wildman–Crippen LogP) is 0.987. The van der Waals surface area contributed by atoms with E-state index in [1.54, 1.807) is 0 Å². The molecule has 1 amide bonds. The zero-order chi connectivity index (χ0) is 16.0. The van der Waals surface area contributed by atoms with Crippen molar-refractivity contribution in [1.82, 2.24) is 5.06 Å². The average molecular weight is 301 g/mol. The summed E-state index contributed by atoms with van der Waals surface area (Å²) in [5, 5.41) is 0.757. The number of ether oxygens (including phenoxy) is 1. The summed E-state index contributed by atoms with van der Waals surface area (Å²) in [6.45, 7) is -0.207. The van der Waals surface area contributed by atoms with Gasteiger partial charge in [-0.1, -0.05) is 6.07 Å². The van der Waals surface area contributed by atoms with Crippen molar-refractivity contribution in [3.63, 3.8) is 0 Å². The number of hydrogen-bond donors (Lipinski definition) is 0. The number of hydrogen-bond acceptors (Lipinski definition) is 5. The van der Waals surface area contributed by atoms with E-state index in [4.69, 9.17) is 4.84 Å². The van der Waals surface area contributed by atoms with E-state index in [2.05, 4.69) is 4.74 Å². The molecular weight excluding hydrogens is 288 g/mol. The molecule has 0 bridgehead atoms. The first kappa shape index (κ1) is 16.7. The van der Waals surface area contributed by atoms with Crippen molar-refractivity contribution in [1.29, 1.82) is 0 Å². The molecule has 21 heavy (non-hydrogen) atoms. The second kappa shape index (κ2) is 7.44. The lowest BCUT2D eigenvalue weighted by atomic mass is 10.2. The van der Waals surface area contributed by atoms with Gasteiger partial charge in [0, 0.05) is 0 Å². The number of carbonyl (C=O) groups is 3. The number of esters is 1. The highest BCUT2D eigenvalue weighted by molar-refractivity contribution is 6.36. The summed E-state index contributed by atoms with van der Waals surface area (Å²) in [5.74, 6) is -5.07. The van der Waals surface area contributed by atoms with Crippen molar-refractivity contribution < 1.29 is 32.7 Å². The van der Waals surface area contributed by atoms with Crippen LogP contribution in [0, 0.1) is 11.6 Å². The average Bonchev–Trinajstić information content (AvgIpc) is 2.47. The van der Waals surface area contributed by atoms with Crippen molar-refractivity contribution in [2.45, 2.75) is 13.0 Å². The largest absolute Gasteiger partial charge is 0.463 e. The molecule has 0 unspecified atom stereocenters. The zero-order valence-corrected chi connectivity index (χ0v) is 11.4. The SMILES string of the molecule is COC(=O)C(=O)CC(=O)N(Cc1ccc(F)c(F)c1)OC. The Morgan fingerprint density at radius 1 is 1.14 bits per heavy atom. The van der Waals surface area contributed by atoms with Gasteiger partial charge in [-0.3, -0.25) is 14.4 Å². The molecule has 1 aromatic carbocycles. The number of methoxy groups -OCH3 is 1. The number of carbonyl (C=O) groups excluding carboxylic acids is 3. The van der Waals surface area contributed by atoms with E-state index in [0.717, 1.165) is 24.3 Å². The van der Waals surface area contributed by atoms with Crippen LogP contribution in [0.15, 0.2) is 18.2 Å². The molecule has 0 aliphatic carbocycles. The van der Waals surface area contributed by atoms with Crippen molar-refractivity contribution in [3.05, 3.63) is 35.4 Å². The van der Waals surface area contributed by atoms with Gasteiger partial charge in [0.1, 0.15) is 0 Å². The van der Waals surface area contributed by atoms with E-state index in [1.807, 2.05) is 0 Å². The summed E-state index contributed by atoms with van der Waals surface area (Å²) in [5.41, 5.74) is 0.259. The number of hydroxylamine groups is 2. The molecule has 0 aromatic heterocycles. The number of halogens is 2. The van der Waals surface area contributed by atoms with E-state index in [1.165, 1.54) is 13.2 Å². The molecule has 114 valence electrons. The number of benzene rings is 1. The van der Waals surface area contributed by atoms with Gasteiger partial charge in [0.15, 0.2) is 11.6 Å². The lowest BCUT2D eigenvalue weighted by Gasteiger charge is -2.19. The molecule has 0 aliphatic heterocycles. The first-order chi connectivity index (χ1) is 9.88. The highest BCUT2D eigenvalue weighted by Gasteiger charge is 2.23. The van der Waals surface area contributed by atoms with Crippen molar-refractivity contribution in [3.8, 4) is 0 Å². The molecule has 0 heterocycles. The van der Waals surface area contributed by atoms with Crippen LogP contribution >= 0.6 is 0 Å². The number of nitrogens with zero attached hydrogens (tertiary/aromatic N) is 1. The first-order valence-electron chi connectivity index (χ1n) is 5.78. The Labute approximate surface area is 119 Å². The van der Waals surface area contributed by atoms with Crippen LogP contribution in [0.2, 0.25) is 0 Å². The van der Waals surface area contributed by atoms with Gasteiger partial charge in [0.2, 0.25) is 5.78 Å². The number of ketones is 1. The Morgan fingerprint density at radius 3 is 2.33 bits per heavy atom. The van der Waals surface area contributed by atoms with Crippen LogP contribution < -0.4 is 0 Å². The molecular formula is C13H13F2NO5. The summed E-state index contributed by atoms with van der Waals surface area (Å²) in [4.78, 5) is 38.7. The molecule has 0 radical (unpaired) electrons. The lowest BCUT2D eigenvalue weighted by Crippen LogP contribution is -2.33. The monoisotopic (exact) mass is 301 g/mol. The van der Waals surface area contributed by atoms with Gasteiger partial charge < -0.3 is 4.74 Å². The maximum atomic E-state index is 13.1. The molecule has 0 N–H and O–H groups in total. The third kappa shape index (κ3) is 4.60. The van der Waals surface area contributed by atoms with Crippen LogP contribution in [0.25, 0.3) is 0 Å². The number of amides is 1. The van der Waals surface area contributed by atoms with Crippen LogP contribution in [-0.4, -0.2) is 36.9 Å². The van der Waals surface area contributed by atoms with Gasteiger partial charge in [0.25, 0.3) is 5.91 Å². The molecule has 0 saturated carbocycles. The molecule has 1 aromatic rings. The summed E-state index contributed by atoms with van der Waals surface area (Å²) in [6, 6.07) is 3.07. The maximum absolute atomic E-state index is 13.1. The Bertz CT molecular complexity index is 561. The van der Waals surface area contributed by atoms with Crippen LogP contribution in [0.1, 0.15) is 12.0 Å². The van der Waals surface area contributed by atoms with Crippen LogP contribution in [0.3, 0.4) is 0 Å². The fraction of sp³-hybridized carbons (Fsp3) is 0.308. The summed E-state index contributed by atoms with van der Waals surface area (Å²) < 4.78 is 30.0. The van der Waals surface area contributed by atoms with Gasteiger partial charge in [-0.05, 0) is 17.7 Å². The molecule has 6 nitrogen and oxygen atoms in total. The number of Topliss-reactive ketones (excluding diaryl/α,β-unsaturated/α-hetero) is 1. The summed E-state index contributed by atoms with van der Waals surface area (Å²) in [6.07, 6.45) is -0.746. The summed E-state index contributed by atoms with van der Waals surface area (Å²) in [7, 11) is 2.18. The Balaban J connectivity index is 2.73. The van der Waals surface area contributed by atoms with Gasteiger partial charge in [-0.25, -0.2) is 18.6 Å². The van der Waals surface area contributed by atoms with Crippen molar-refractivity contribution in [2.75, 3.05) is 14.2 Å². The zero-order valence-electron chi connectivity index (χ0n) is 11.4. The van der Waals surface area contributed by atoms with E-state index in [0.29, 0.717) is 0 Å². The van der Waals surface area contributed by atoms with Gasteiger partial charge in [0.05, 0.1) is 27.2 Å². The fourth-order valence-electron chi connectivity index (χ4n) is 1.47. The molecule has 0 spiro atoms. The molecule has 0 fully saturated rings. The minimum absolute atomic E-state index is 0.207. The van der Waals surface area contributed by atoms with Crippen LogP contribution in [0.4, 0.5) is 8.78 Å².